The van der Waals surface area contributed by atoms with Crippen molar-refractivity contribution < 1.29 is 0 Å². The maximum absolute atomic E-state index is 2.33. The molecule has 0 fully saturated rings. The molecule has 2 rings (SSSR count). The van der Waals surface area contributed by atoms with E-state index in [0.717, 1.165) is 12.8 Å². The summed E-state index contributed by atoms with van der Waals surface area (Å²) in [5.41, 5.74) is 17.4. The van der Waals surface area contributed by atoms with Crippen LogP contribution in [0.4, 0.5) is 0 Å². The molecule has 0 amide bonds. The summed E-state index contributed by atoms with van der Waals surface area (Å²) in [5, 5.41) is 0. The molecule has 0 atom stereocenters. The molecule has 0 N–H and O–H groups in total. The Morgan fingerprint density at radius 1 is 0.500 bits per heavy atom. The second-order valence-corrected chi connectivity index (χ2v) is 7.93. The van der Waals surface area contributed by atoms with Crippen molar-refractivity contribution in [2.75, 3.05) is 0 Å². The number of allylic oxidation sites excluding steroid dienone is 2. The molecule has 0 unspecified atom stereocenters. The highest BCUT2D eigenvalue weighted by Gasteiger charge is 2.19. The summed E-state index contributed by atoms with van der Waals surface area (Å²) in [4.78, 5) is 0. The Morgan fingerprint density at radius 2 is 0.731 bits per heavy atom. The lowest BCUT2D eigenvalue weighted by Gasteiger charge is -2.24. The van der Waals surface area contributed by atoms with Gasteiger partial charge in [0, 0.05) is 0 Å². The van der Waals surface area contributed by atoms with E-state index >= 15 is 0 Å². The largest absolute Gasteiger partial charge is 0.0613 e. The van der Waals surface area contributed by atoms with E-state index in [1.54, 1.807) is 0 Å². The van der Waals surface area contributed by atoms with E-state index in [9.17, 15) is 0 Å². The van der Waals surface area contributed by atoms with Crippen LogP contribution in [0.15, 0.2) is 12.1 Å². The first-order chi connectivity index (χ1) is 12.1. The Bertz CT molecular complexity index is 750. The quantitative estimate of drug-likeness (QED) is 0.493. The fourth-order valence-electron chi connectivity index (χ4n) is 4.42. The van der Waals surface area contributed by atoms with Gasteiger partial charge in [0.15, 0.2) is 0 Å². The van der Waals surface area contributed by atoms with E-state index in [1.807, 2.05) is 0 Å². The summed E-state index contributed by atoms with van der Waals surface area (Å²) >= 11 is 0. The molecular weight excluding hydrogens is 312 g/mol. The van der Waals surface area contributed by atoms with Crippen LogP contribution in [-0.4, -0.2) is 0 Å². The van der Waals surface area contributed by atoms with Gasteiger partial charge in [-0.15, -0.1) is 0 Å². The summed E-state index contributed by atoms with van der Waals surface area (Å²) in [6.45, 7) is 22.8. The van der Waals surface area contributed by atoms with E-state index in [-0.39, 0.29) is 0 Å². The van der Waals surface area contributed by atoms with Gasteiger partial charge < -0.3 is 0 Å². The third-order valence-electron chi connectivity index (χ3n) is 6.41. The fraction of sp³-hybridized carbons (Fsp3) is 0.462. The van der Waals surface area contributed by atoms with Gasteiger partial charge in [-0.25, -0.2) is 0 Å². The van der Waals surface area contributed by atoms with Crippen LogP contribution in [0.5, 0.6) is 0 Å². The molecule has 140 valence electrons. The zero-order chi connectivity index (χ0) is 19.8. The Labute approximate surface area is 161 Å². The lowest BCUT2D eigenvalue weighted by Crippen LogP contribution is -2.04. The van der Waals surface area contributed by atoms with Gasteiger partial charge in [-0.1, -0.05) is 26.0 Å². The molecular formula is C26H36. The zero-order valence-corrected chi connectivity index (χ0v) is 18.6. The molecule has 26 heavy (non-hydrogen) atoms. The van der Waals surface area contributed by atoms with Crippen molar-refractivity contribution >= 4 is 11.1 Å². The molecule has 0 aliphatic heterocycles. The van der Waals surface area contributed by atoms with Crippen LogP contribution in [0.25, 0.3) is 11.1 Å². The maximum Gasteiger partial charge on any atom is -0.0158 e. The highest BCUT2D eigenvalue weighted by molar-refractivity contribution is 5.94. The van der Waals surface area contributed by atoms with Crippen molar-refractivity contribution in [3.8, 4) is 0 Å². The molecule has 0 spiro atoms. The summed E-state index contributed by atoms with van der Waals surface area (Å²) in [6.07, 6.45) is 2.14. The van der Waals surface area contributed by atoms with Gasteiger partial charge in [0.2, 0.25) is 0 Å². The molecule has 0 aromatic heterocycles. The molecule has 0 saturated heterocycles. The van der Waals surface area contributed by atoms with E-state index < -0.39 is 0 Å². The maximum atomic E-state index is 2.33. The van der Waals surface area contributed by atoms with Crippen molar-refractivity contribution in [3.63, 3.8) is 0 Å². The van der Waals surface area contributed by atoms with Gasteiger partial charge >= 0.3 is 0 Å². The van der Waals surface area contributed by atoms with Gasteiger partial charge in [-0.05, 0) is 135 Å². The van der Waals surface area contributed by atoms with Gasteiger partial charge in [0.25, 0.3) is 0 Å². The lowest BCUT2D eigenvalue weighted by atomic mass is 9.80. The number of hydrogen-bond acceptors (Lipinski definition) is 0. The van der Waals surface area contributed by atoms with Gasteiger partial charge in [-0.2, -0.15) is 0 Å². The normalized spacial score (nSPS) is 12.4. The Hall–Kier alpha value is -1.82. The number of hydrogen-bond donors (Lipinski definition) is 0. The van der Waals surface area contributed by atoms with Gasteiger partial charge in [0.1, 0.15) is 0 Å². The van der Waals surface area contributed by atoms with Gasteiger partial charge in [-0.3, -0.25) is 0 Å². The zero-order valence-electron chi connectivity index (χ0n) is 18.6. The monoisotopic (exact) mass is 348 g/mol. The summed E-state index contributed by atoms with van der Waals surface area (Å²) in [7, 11) is 0. The van der Waals surface area contributed by atoms with Crippen molar-refractivity contribution in [1.82, 2.24) is 0 Å². The SMILES string of the molecule is CC/C(=C(\CC)c1c(C)c(C)cc(C)c1C)c1c(C)c(C)cc(C)c1C. The summed E-state index contributed by atoms with van der Waals surface area (Å²) in [5.74, 6) is 0. The molecule has 2 aromatic carbocycles. The molecule has 0 radical (unpaired) electrons. The van der Waals surface area contributed by atoms with Crippen LogP contribution < -0.4 is 0 Å². The number of benzene rings is 2. The first kappa shape index (κ1) is 20.5. The van der Waals surface area contributed by atoms with Crippen molar-refractivity contribution in [1.29, 1.82) is 0 Å². The Balaban J connectivity index is 2.98. The standard InChI is InChI=1S/C26H36/c1-11-23(25-19(7)15(3)13-16(4)20(25)8)24(12-2)26-21(9)17(5)14-18(6)22(26)10/h13-14H,11-12H2,1-10H3/b24-23-. The second-order valence-electron chi connectivity index (χ2n) is 7.93. The third kappa shape index (κ3) is 3.39. The smallest absolute Gasteiger partial charge is 0.0158 e. The van der Waals surface area contributed by atoms with Gasteiger partial charge in [0.05, 0.1) is 0 Å². The summed E-state index contributed by atoms with van der Waals surface area (Å²) < 4.78 is 0. The highest BCUT2D eigenvalue weighted by atomic mass is 14.2. The Kier molecular flexibility index (Phi) is 6.17. The predicted octanol–water partition coefficient (Wildman–Crippen LogP) is 7.88. The van der Waals surface area contributed by atoms with E-state index in [2.05, 4.69) is 81.4 Å². The van der Waals surface area contributed by atoms with Crippen molar-refractivity contribution in [2.24, 2.45) is 0 Å². The molecule has 0 heterocycles. The molecule has 0 saturated carbocycles. The second kappa shape index (κ2) is 7.82. The van der Waals surface area contributed by atoms with Crippen LogP contribution in [0.2, 0.25) is 0 Å². The summed E-state index contributed by atoms with van der Waals surface area (Å²) in [6, 6.07) is 4.67. The molecule has 0 heteroatoms. The van der Waals surface area contributed by atoms with Crippen LogP contribution in [0.3, 0.4) is 0 Å². The molecule has 0 aliphatic carbocycles. The number of aryl methyl sites for hydroxylation is 4. The van der Waals surface area contributed by atoms with E-state index in [4.69, 9.17) is 0 Å². The number of rotatable bonds is 4. The average molecular weight is 349 g/mol. The lowest BCUT2D eigenvalue weighted by molar-refractivity contribution is 1.12. The minimum absolute atomic E-state index is 1.07. The first-order valence-corrected chi connectivity index (χ1v) is 10.0. The fourth-order valence-corrected chi connectivity index (χ4v) is 4.42. The van der Waals surface area contributed by atoms with Crippen LogP contribution >= 0.6 is 0 Å². The van der Waals surface area contributed by atoms with Crippen LogP contribution in [0, 0.1) is 55.4 Å². The minimum atomic E-state index is 1.07. The molecule has 0 nitrogen and oxygen atoms in total. The molecule has 2 aromatic rings. The van der Waals surface area contributed by atoms with E-state index in [1.165, 1.54) is 66.8 Å². The third-order valence-corrected chi connectivity index (χ3v) is 6.41. The van der Waals surface area contributed by atoms with Crippen molar-refractivity contribution in [2.45, 2.75) is 82.1 Å². The van der Waals surface area contributed by atoms with Crippen LogP contribution in [0.1, 0.15) is 82.3 Å². The average Bonchev–Trinajstić information content (AvgIpc) is 2.59. The Morgan fingerprint density at radius 3 is 0.923 bits per heavy atom. The topological polar surface area (TPSA) is 0 Å². The predicted molar refractivity (Wildman–Crippen MR) is 118 cm³/mol. The minimum Gasteiger partial charge on any atom is -0.0613 e. The molecule has 0 bridgehead atoms. The van der Waals surface area contributed by atoms with Crippen molar-refractivity contribution in [3.05, 3.63) is 67.8 Å². The van der Waals surface area contributed by atoms with E-state index in [0.29, 0.717) is 0 Å². The highest BCUT2D eigenvalue weighted by Crippen LogP contribution is 2.39. The molecule has 0 aliphatic rings. The first-order valence-electron chi connectivity index (χ1n) is 10.0. The van der Waals surface area contributed by atoms with Crippen LogP contribution in [-0.2, 0) is 0 Å².